The zero-order chi connectivity index (χ0) is 68.8. The molecule has 24 nitrogen and oxygen atoms in total. The van der Waals surface area contributed by atoms with Gasteiger partial charge in [0.15, 0.2) is 24.4 Å². The molecule has 0 aliphatic rings. The van der Waals surface area contributed by atoms with Gasteiger partial charge in [-0.2, -0.15) is 0 Å². The number of carboxylic acid groups (broad SMARTS) is 3. The van der Waals surface area contributed by atoms with Crippen LogP contribution >= 0.6 is 0 Å². The highest BCUT2D eigenvalue weighted by atomic mass is 16.6. The molecule has 0 aliphatic heterocycles. The Bertz CT molecular complexity index is 2450. The first kappa shape index (κ1) is 85.2. The lowest BCUT2D eigenvalue weighted by Crippen LogP contribution is -2.26. The third-order valence-electron chi connectivity index (χ3n) is 10.5. The van der Waals surface area contributed by atoms with Crippen molar-refractivity contribution in [2.75, 3.05) is 0 Å². The van der Waals surface area contributed by atoms with Gasteiger partial charge in [0, 0.05) is 32.1 Å². The number of ether oxygens (including phenoxy) is 8. The fraction of sp³-hybridized carbons (Fsp3) is 0.470. The number of benzene rings is 4. The van der Waals surface area contributed by atoms with E-state index < -0.39 is 90.3 Å². The molecule has 5 N–H and O–H groups in total. The molecule has 90 heavy (non-hydrogen) atoms. The normalized spacial score (nSPS) is 11.7. The minimum atomic E-state index is -1.12. The Morgan fingerprint density at radius 3 is 0.678 bits per heavy atom. The quantitative estimate of drug-likeness (QED) is 0.0261. The fourth-order valence-corrected chi connectivity index (χ4v) is 5.64. The molecule has 4 aromatic rings. The highest BCUT2D eigenvalue weighted by Crippen LogP contribution is 2.08. The van der Waals surface area contributed by atoms with Crippen LogP contribution in [0.3, 0.4) is 0 Å². The molecule has 0 fully saturated rings. The number of carbonyl (C=O) groups excluding carboxylic acids is 8. The van der Waals surface area contributed by atoms with Crippen LogP contribution in [0.2, 0.25) is 0 Å². The van der Waals surface area contributed by atoms with Gasteiger partial charge in [0.1, 0.15) is 38.6 Å². The van der Waals surface area contributed by atoms with Gasteiger partial charge in [-0.05, 0) is 95.9 Å². The van der Waals surface area contributed by atoms with E-state index in [1.165, 1.54) is 41.5 Å². The smallest absolute Gasteiger partial charge is 0.347 e. The maximum absolute atomic E-state index is 11.6. The van der Waals surface area contributed by atoms with Crippen molar-refractivity contribution in [3.63, 3.8) is 0 Å². The Labute approximate surface area is 527 Å². The largest absolute Gasteiger partial charge is 0.481 e. The van der Waals surface area contributed by atoms with Crippen LogP contribution in [0.15, 0.2) is 121 Å². The van der Waals surface area contributed by atoms with Gasteiger partial charge < -0.3 is 63.4 Å². The molecule has 0 bridgehead atoms. The average Bonchev–Trinajstić information content (AvgIpc) is 3.73. The van der Waals surface area contributed by atoms with E-state index in [-0.39, 0.29) is 51.2 Å². The number of aliphatic hydroxyl groups is 2. The van der Waals surface area contributed by atoms with Crippen molar-refractivity contribution in [2.24, 2.45) is 0 Å². The summed E-state index contributed by atoms with van der Waals surface area (Å²) < 4.78 is 38.6. The molecule has 0 radical (unpaired) electrons. The zero-order valence-electron chi connectivity index (χ0n) is 53.4. The van der Waals surface area contributed by atoms with Gasteiger partial charge in [-0.3, -0.25) is 24.0 Å². The molecule has 4 aromatic carbocycles. The van der Waals surface area contributed by atoms with Crippen LogP contribution in [0, 0.1) is 0 Å². The van der Waals surface area contributed by atoms with Crippen LogP contribution in [-0.4, -0.2) is 128 Å². The Morgan fingerprint density at radius 2 is 0.511 bits per heavy atom. The van der Waals surface area contributed by atoms with Crippen molar-refractivity contribution in [3.05, 3.63) is 144 Å². The van der Waals surface area contributed by atoms with Gasteiger partial charge >= 0.3 is 65.7 Å². The van der Waals surface area contributed by atoms with Crippen LogP contribution in [0.4, 0.5) is 0 Å². The summed E-state index contributed by atoms with van der Waals surface area (Å²) in [5.41, 5.74) is 3.63. The summed E-state index contributed by atoms with van der Waals surface area (Å²) >= 11 is 0. The third-order valence-corrected chi connectivity index (χ3v) is 10.5. The van der Waals surface area contributed by atoms with E-state index in [1.807, 2.05) is 156 Å². The Morgan fingerprint density at radius 1 is 0.311 bits per heavy atom. The number of rotatable bonds is 28. The molecule has 0 amide bonds. The Kier molecular flexibility index (Phi) is 51.2. The van der Waals surface area contributed by atoms with E-state index in [0.717, 1.165) is 28.7 Å². The average molecular weight is 1270 g/mol. The van der Waals surface area contributed by atoms with Crippen LogP contribution < -0.4 is 0 Å². The number of carboxylic acids is 3. The second-order valence-electron chi connectivity index (χ2n) is 19.1. The molecule has 6 atom stereocenters. The summed E-state index contributed by atoms with van der Waals surface area (Å²) in [5.74, 6) is -6.84. The molecule has 0 spiro atoms. The van der Waals surface area contributed by atoms with E-state index in [0.29, 0.717) is 44.9 Å². The highest BCUT2D eigenvalue weighted by molar-refractivity contribution is 5.80. The maximum Gasteiger partial charge on any atom is 0.347 e. The molecule has 4 rings (SSSR count). The predicted molar refractivity (Wildman–Crippen MR) is 328 cm³/mol. The van der Waals surface area contributed by atoms with E-state index in [1.54, 1.807) is 0 Å². The van der Waals surface area contributed by atoms with Gasteiger partial charge in [-0.1, -0.05) is 156 Å². The number of hydrogen-bond donors (Lipinski definition) is 5. The van der Waals surface area contributed by atoms with Crippen molar-refractivity contribution in [1.82, 2.24) is 0 Å². The Hall–Kier alpha value is -9.03. The van der Waals surface area contributed by atoms with Crippen LogP contribution in [0.1, 0.15) is 163 Å². The van der Waals surface area contributed by atoms with Gasteiger partial charge in [-0.15, -0.1) is 0 Å². The van der Waals surface area contributed by atoms with E-state index >= 15 is 0 Å². The van der Waals surface area contributed by atoms with E-state index in [2.05, 4.69) is 9.47 Å². The monoisotopic (exact) mass is 1270 g/mol. The number of aliphatic hydroxyl groups excluding tert-OH is 2. The number of esters is 8. The van der Waals surface area contributed by atoms with Gasteiger partial charge in [0.2, 0.25) is 0 Å². The first-order valence-corrected chi connectivity index (χ1v) is 29.2. The first-order valence-electron chi connectivity index (χ1n) is 29.2. The minimum absolute atomic E-state index is 0.190. The van der Waals surface area contributed by atoms with Crippen molar-refractivity contribution in [2.45, 2.75) is 203 Å². The number of carbonyl (C=O) groups is 11. The van der Waals surface area contributed by atoms with E-state index in [4.69, 9.17) is 54.0 Å². The van der Waals surface area contributed by atoms with Gasteiger partial charge in [0.25, 0.3) is 0 Å². The van der Waals surface area contributed by atoms with E-state index in [9.17, 15) is 52.7 Å². The summed E-state index contributed by atoms with van der Waals surface area (Å²) in [7, 11) is 0. The minimum Gasteiger partial charge on any atom is -0.481 e. The lowest BCUT2D eigenvalue weighted by molar-refractivity contribution is -0.167. The topological polar surface area (TPSA) is 363 Å². The predicted octanol–water partition coefficient (Wildman–Crippen LogP) is 9.62. The molecular weight excluding hydrogens is 1180 g/mol. The van der Waals surface area contributed by atoms with Crippen LogP contribution in [0.5, 0.6) is 0 Å². The first-order chi connectivity index (χ1) is 42.6. The maximum atomic E-state index is 11.6. The molecular formula is C66H92O24. The number of hydrogen-bond acceptors (Lipinski definition) is 21. The summed E-state index contributed by atoms with van der Waals surface area (Å²) in [6.07, 6.45) is -0.931. The second kappa shape index (κ2) is 54.1. The number of aliphatic carboxylic acids is 3. The van der Waals surface area contributed by atoms with Crippen LogP contribution in [-0.2, 0) is 117 Å². The summed E-state index contributed by atoms with van der Waals surface area (Å²) in [6.45, 7) is 18.5. The highest BCUT2D eigenvalue weighted by Gasteiger charge is 2.21. The lowest BCUT2D eigenvalue weighted by atomic mass is 10.2. The molecule has 0 unspecified atom stereocenters. The van der Waals surface area contributed by atoms with Gasteiger partial charge in [-0.25, -0.2) is 28.8 Å². The Balaban J connectivity index is -0.00000100. The lowest BCUT2D eigenvalue weighted by Gasteiger charge is -2.12. The summed E-state index contributed by atoms with van der Waals surface area (Å²) in [4.78, 5) is 118. The standard InChI is InChI=1S/2C14H18O4.2C10H12O3.2C7H12O4.C4H8O2/c2*1-3-7-13(15)18-11(2)14(16)17-10-12-8-5-4-6-9-12;2*1-8(11)10(12)13-7-9-5-3-2-4-6-9;2*1-3-4-6(8)11-5(2)7(9)10;1-2-3-4(5)6/h2*4-6,8-9,11H,3,7,10H2,1-2H3;2*2-6,8,11H,7H2,1H3;2*5H,3-4H2,1-2H3,(H,9,10);2-3H2,1H3,(H,5,6)/t2*11-;2*8-;2*5-;/m000000./s1. The van der Waals surface area contributed by atoms with Crippen LogP contribution in [0.25, 0.3) is 0 Å². The molecule has 0 heterocycles. The molecule has 0 aliphatic carbocycles. The third kappa shape index (κ3) is 50.0. The molecule has 500 valence electrons. The van der Waals surface area contributed by atoms with Gasteiger partial charge in [0.05, 0.1) is 0 Å². The zero-order valence-corrected chi connectivity index (χ0v) is 53.4. The molecule has 0 saturated heterocycles. The van der Waals surface area contributed by atoms with Crippen molar-refractivity contribution in [1.29, 1.82) is 0 Å². The fourth-order valence-electron chi connectivity index (χ4n) is 5.64. The molecule has 0 saturated carbocycles. The van der Waals surface area contributed by atoms with Crippen molar-refractivity contribution in [3.8, 4) is 0 Å². The SMILES string of the molecule is CCCC(=O)O.CCCC(=O)O[C@@H](C)C(=O)O.CCCC(=O)O[C@@H](C)C(=O)O.CCCC(=O)O[C@@H](C)C(=O)OCc1ccccc1.CCCC(=O)O[C@@H](C)C(=O)OCc1ccccc1.C[C@H](O)C(=O)OCc1ccccc1.C[C@H](O)C(=O)OCc1ccccc1. The molecule has 0 aromatic heterocycles. The summed E-state index contributed by atoms with van der Waals surface area (Å²) in [5, 5.41) is 42.2. The summed E-state index contributed by atoms with van der Waals surface area (Å²) in [6, 6.07) is 37.4. The molecule has 24 heteroatoms. The van der Waals surface area contributed by atoms with Crippen molar-refractivity contribution < 1.29 is 116 Å². The van der Waals surface area contributed by atoms with Crippen molar-refractivity contribution >= 4 is 65.7 Å². The second-order valence-corrected chi connectivity index (χ2v) is 19.1.